The van der Waals surface area contributed by atoms with E-state index in [9.17, 15) is 0 Å². The van der Waals surface area contributed by atoms with Crippen molar-refractivity contribution in [1.82, 2.24) is 10.2 Å². The van der Waals surface area contributed by atoms with Gasteiger partial charge in [-0.05, 0) is 17.7 Å². The lowest BCUT2D eigenvalue weighted by Gasteiger charge is -2.05. The molecular formula is C10H11N3OS2. The summed E-state index contributed by atoms with van der Waals surface area (Å²) in [6.07, 6.45) is 0. The number of nitrogen functional groups attached to an aromatic ring is 1. The average Bonchev–Trinajstić information content (AvgIpc) is 2.78. The molecule has 6 heteroatoms. The Balaban J connectivity index is 2.06. The number of nitrogens with zero attached hydrogens (tertiary/aromatic N) is 2. The lowest BCUT2D eigenvalue weighted by molar-refractivity contribution is 0.414. The fourth-order valence-electron chi connectivity index (χ4n) is 1.26. The molecule has 0 bridgehead atoms. The van der Waals surface area contributed by atoms with Gasteiger partial charge < -0.3 is 10.5 Å². The van der Waals surface area contributed by atoms with Crippen LogP contribution in [0.25, 0.3) is 0 Å². The van der Waals surface area contributed by atoms with Crippen LogP contribution in [0.1, 0.15) is 5.56 Å². The highest BCUT2D eigenvalue weighted by atomic mass is 32.2. The first-order valence-corrected chi connectivity index (χ1v) is 6.47. The van der Waals surface area contributed by atoms with Crippen LogP contribution in [0, 0.1) is 0 Å². The Morgan fingerprint density at radius 2 is 2.31 bits per heavy atom. The van der Waals surface area contributed by atoms with Crippen molar-refractivity contribution < 1.29 is 4.74 Å². The van der Waals surface area contributed by atoms with Gasteiger partial charge in [-0.1, -0.05) is 23.1 Å². The molecule has 0 saturated carbocycles. The summed E-state index contributed by atoms with van der Waals surface area (Å²) < 4.78 is 6.12. The third-order valence-electron chi connectivity index (χ3n) is 1.93. The van der Waals surface area contributed by atoms with Gasteiger partial charge >= 0.3 is 0 Å². The molecule has 1 heterocycles. The van der Waals surface area contributed by atoms with Gasteiger partial charge in [0.15, 0.2) is 4.34 Å². The van der Waals surface area contributed by atoms with Gasteiger partial charge in [-0.15, -0.1) is 10.2 Å². The van der Waals surface area contributed by atoms with Crippen LogP contribution in [0.2, 0.25) is 0 Å². The summed E-state index contributed by atoms with van der Waals surface area (Å²) in [5.74, 6) is 1.60. The minimum Gasteiger partial charge on any atom is -0.497 e. The summed E-state index contributed by atoms with van der Waals surface area (Å²) in [6, 6.07) is 5.72. The predicted octanol–water partition coefficient (Wildman–Crippen LogP) is 2.42. The molecule has 0 fully saturated rings. The highest BCUT2D eigenvalue weighted by molar-refractivity contribution is 8.00. The topological polar surface area (TPSA) is 61.0 Å². The number of nitrogens with two attached hydrogens (primary N) is 1. The Kier molecular flexibility index (Phi) is 3.63. The first-order chi connectivity index (χ1) is 7.78. The summed E-state index contributed by atoms with van der Waals surface area (Å²) in [7, 11) is 1.64. The molecule has 0 aliphatic heterocycles. The molecule has 16 heavy (non-hydrogen) atoms. The van der Waals surface area contributed by atoms with Crippen LogP contribution in [-0.4, -0.2) is 17.3 Å². The largest absolute Gasteiger partial charge is 0.497 e. The third kappa shape index (κ3) is 2.86. The van der Waals surface area contributed by atoms with Gasteiger partial charge in [0.1, 0.15) is 11.3 Å². The van der Waals surface area contributed by atoms with Crippen molar-refractivity contribution in [2.24, 2.45) is 0 Å². The number of aromatic nitrogens is 2. The highest BCUT2D eigenvalue weighted by Crippen LogP contribution is 2.26. The maximum absolute atomic E-state index is 5.77. The quantitative estimate of drug-likeness (QED) is 0.669. The summed E-state index contributed by atoms with van der Waals surface area (Å²) >= 11 is 3.18. The lowest BCUT2D eigenvalue weighted by atomic mass is 10.2. The van der Waals surface area contributed by atoms with Gasteiger partial charge in [0.25, 0.3) is 0 Å². The van der Waals surface area contributed by atoms with E-state index < -0.39 is 0 Å². The van der Waals surface area contributed by atoms with Crippen molar-refractivity contribution in [3.8, 4) is 5.75 Å². The van der Waals surface area contributed by atoms with E-state index >= 15 is 0 Å². The van der Waals surface area contributed by atoms with Crippen molar-refractivity contribution in [2.45, 2.75) is 10.1 Å². The molecular weight excluding hydrogens is 242 g/mol. The van der Waals surface area contributed by atoms with Crippen LogP contribution in [0.15, 0.2) is 28.0 Å². The Labute approximate surface area is 102 Å². The summed E-state index contributed by atoms with van der Waals surface area (Å²) in [5.41, 5.74) is 9.33. The van der Waals surface area contributed by atoms with Gasteiger partial charge in [-0.25, -0.2) is 0 Å². The summed E-state index contributed by atoms with van der Waals surface area (Å²) in [6.45, 7) is 0. The van der Waals surface area contributed by atoms with E-state index in [0.29, 0.717) is 5.69 Å². The number of anilines is 1. The zero-order chi connectivity index (χ0) is 11.4. The molecule has 2 aromatic rings. The van der Waals surface area contributed by atoms with Crippen LogP contribution in [0.5, 0.6) is 5.75 Å². The van der Waals surface area contributed by atoms with Crippen LogP contribution >= 0.6 is 23.1 Å². The minimum absolute atomic E-state index is 0.715. The Hall–Kier alpha value is -1.27. The average molecular weight is 253 g/mol. The SMILES string of the molecule is COc1cc(N)cc(CSc2nncs2)c1. The van der Waals surface area contributed by atoms with Crippen molar-refractivity contribution in [3.05, 3.63) is 29.3 Å². The van der Waals surface area contributed by atoms with Gasteiger partial charge in [0.05, 0.1) is 7.11 Å². The van der Waals surface area contributed by atoms with Crippen LogP contribution in [0.4, 0.5) is 5.69 Å². The first-order valence-electron chi connectivity index (χ1n) is 4.60. The Bertz CT molecular complexity index is 459. The van der Waals surface area contributed by atoms with E-state index in [1.807, 2.05) is 12.1 Å². The van der Waals surface area contributed by atoms with Crippen LogP contribution < -0.4 is 10.5 Å². The molecule has 0 aliphatic carbocycles. The zero-order valence-electron chi connectivity index (χ0n) is 8.71. The van der Waals surface area contributed by atoms with Crippen molar-refractivity contribution in [3.63, 3.8) is 0 Å². The molecule has 0 atom stereocenters. The molecule has 1 aromatic carbocycles. The molecule has 0 amide bonds. The molecule has 4 nitrogen and oxygen atoms in total. The number of thioether (sulfide) groups is 1. The Morgan fingerprint density at radius 3 is 3.00 bits per heavy atom. The van der Waals surface area contributed by atoms with Crippen LogP contribution in [-0.2, 0) is 5.75 Å². The molecule has 2 rings (SSSR count). The van der Waals surface area contributed by atoms with Gasteiger partial charge in [-0.3, -0.25) is 0 Å². The van der Waals surface area contributed by atoms with Crippen molar-refractivity contribution in [2.75, 3.05) is 12.8 Å². The maximum Gasteiger partial charge on any atom is 0.174 e. The maximum atomic E-state index is 5.77. The fraction of sp³-hybridized carbons (Fsp3) is 0.200. The van der Waals surface area contributed by atoms with E-state index in [1.54, 1.807) is 30.4 Å². The molecule has 0 radical (unpaired) electrons. The molecule has 0 unspecified atom stereocenters. The smallest absolute Gasteiger partial charge is 0.174 e. The number of benzene rings is 1. The van der Waals surface area contributed by atoms with Crippen molar-refractivity contribution in [1.29, 1.82) is 0 Å². The zero-order valence-corrected chi connectivity index (χ0v) is 10.3. The van der Waals surface area contributed by atoms with Crippen molar-refractivity contribution >= 4 is 28.8 Å². The number of hydrogen-bond donors (Lipinski definition) is 1. The third-order valence-corrected chi connectivity index (χ3v) is 3.86. The standard InChI is InChI=1S/C10H11N3OS2/c1-14-9-3-7(2-8(11)4-9)5-15-10-13-12-6-16-10/h2-4,6H,5,11H2,1H3. The monoisotopic (exact) mass is 253 g/mol. The van der Waals surface area contributed by atoms with Gasteiger partial charge in [-0.2, -0.15) is 0 Å². The van der Waals surface area contributed by atoms with E-state index in [2.05, 4.69) is 10.2 Å². The number of rotatable bonds is 4. The normalized spacial score (nSPS) is 10.3. The number of ether oxygens (including phenoxy) is 1. The van der Waals surface area contributed by atoms with Gasteiger partial charge in [0.2, 0.25) is 0 Å². The summed E-state index contributed by atoms with van der Waals surface area (Å²) in [4.78, 5) is 0. The Morgan fingerprint density at radius 1 is 1.44 bits per heavy atom. The first kappa shape index (κ1) is 11.2. The number of hydrogen-bond acceptors (Lipinski definition) is 6. The second-order valence-electron chi connectivity index (χ2n) is 3.11. The second-order valence-corrected chi connectivity index (χ2v) is 5.16. The van der Waals surface area contributed by atoms with E-state index in [0.717, 1.165) is 21.4 Å². The summed E-state index contributed by atoms with van der Waals surface area (Å²) in [5, 5.41) is 7.75. The highest BCUT2D eigenvalue weighted by Gasteiger charge is 2.02. The molecule has 2 N–H and O–H groups in total. The second kappa shape index (κ2) is 5.18. The molecule has 0 aliphatic rings. The van der Waals surface area contributed by atoms with E-state index in [-0.39, 0.29) is 0 Å². The van der Waals surface area contributed by atoms with E-state index in [1.165, 1.54) is 11.3 Å². The molecule has 84 valence electrons. The van der Waals surface area contributed by atoms with E-state index in [4.69, 9.17) is 10.5 Å². The predicted molar refractivity (Wildman–Crippen MR) is 66.9 cm³/mol. The molecule has 1 aromatic heterocycles. The van der Waals surface area contributed by atoms with Crippen LogP contribution in [0.3, 0.4) is 0 Å². The van der Waals surface area contributed by atoms with Gasteiger partial charge in [0, 0.05) is 17.5 Å². The fourth-order valence-corrected chi connectivity index (χ4v) is 2.68. The number of methoxy groups -OCH3 is 1. The molecule has 0 saturated heterocycles. The lowest BCUT2D eigenvalue weighted by Crippen LogP contribution is -1.91. The molecule has 0 spiro atoms. The minimum atomic E-state index is 0.715.